The molecule has 0 aromatic rings. The second kappa shape index (κ2) is 6.17. The summed E-state index contributed by atoms with van der Waals surface area (Å²) in [6.45, 7) is 8.91. The Balaban J connectivity index is 3.53. The Labute approximate surface area is 72.9 Å². The van der Waals surface area contributed by atoms with Crippen LogP contribution in [0, 0.1) is 0 Å². The van der Waals surface area contributed by atoms with Crippen molar-refractivity contribution in [3.63, 3.8) is 0 Å². The van der Waals surface area contributed by atoms with Crippen molar-refractivity contribution in [2.24, 2.45) is 0 Å². The lowest BCUT2D eigenvalue weighted by atomic mass is 10.3. The number of alkyl halides is 1. The molecule has 0 rings (SSSR count). The van der Waals surface area contributed by atoms with Crippen molar-refractivity contribution in [3.8, 4) is 0 Å². The number of rotatable bonds is 5. The van der Waals surface area contributed by atoms with Gasteiger partial charge < -0.3 is 0 Å². The van der Waals surface area contributed by atoms with E-state index >= 15 is 0 Å². The van der Waals surface area contributed by atoms with E-state index in [1.54, 1.807) is 0 Å². The third-order valence-electron chi connectivity index (χ3n) is 1.74. The van der Waals surface area contributed by atoms with Crippen molar-refractivity contribution in [2.75, 3.05) is 13.1 Å². The second-order valence-corrected chi connectivity index (χ2v) is 3.50. The van der Waals surface area contributed by atoms with Crippen molar-refractivity contribution in [1.29, 1.82) is 0 Å². The molecule has 0 fully saturated rings. The van der Waals surface area contributed by atoms with E-state index in [4.69, 9.17) is 0 Å². The number of halogens is 1. The molecule has 0 saturated heterocycles. The highest BCUT2D eigenvalue weighted by Crippen LogP contribution is 2.12. The van der Waals surface area contributed by atoms with Gasteiger partial charge in [-0.25, -0.2) is 0 Å². The first kappa shape index (κ1) is 10.4. The van der Waals surface area contributed by atoms with Crippen LogP contribution < -0.4 is 0 Å². The first-order valence-electron chi connectivity index (χ1n) is 4.14. The maximum absolute atomic E-state index is 3.65. The van der Waals surface area contributed by atoms with Crippen LogP contribution in [-0.2, 0) is 0 Å². The highest BCUT2D eigenvalue weighted by molar-refractivity contribution is 9.09. The zero-order valence-electron chi connectivity index (χ0n) is 7.23. The van der Waals surface area contributed by atoms with Gasteiger partial charge in [-0.2, -0.15) is 0 Å². The molecule has 10 heavy (non-hydrogen) atoms. The summed E-state index contributed by atoms with van der Waals surface area (Å²) in [5.41, 5.74) is 0. The monoisotopic (exact) mass is 207 g/mol. The largest absolute Gasteiger partial charge is 0.292 e. The van der Waals surface area contributed by atoms with Gasteiger partial charge in [-0.3, -0.25) is 4.90 Å². The van der Waals surface area contributed by atoms with Gasteiger partial charge in [0.1, 0.15) is 0 Å². The van der Waals surface area contributed by atoms with Crippen molar-refractivity contribution in [2.45, 2.75) is 38.6 Å². The molecule has 0 aliphatic heterocycles. The van der Waals surface area contributed by atoms with Crippen LogP contribution >= 0.6 is 15.9 Å². The molecule has 0 amide bonds. The van der Waals surface area contributed by atoms with Crippen molar-refractivity contribution < 1.29 is 0 Å². The molecule has 0 bridgehead atoms. The smallest absolute Gasteiger partial charge is 0.0655 e. The Morgan fingerprint density at radius 3 is 2.00 bits per heavy atom. The molecule has 2 heteroatoms. The molecular weight excluding hydrogens is 190 g/mol. The van der Waals surface area contributed by atoms with E-state index in [1.807, 2.05) is 0 Å². The molecule has 0 radical (unpaired) electrons. The van der Waals surface area contributed by atoms with Gasteiger partial charge in [0.25, 0.3) is 0 Å². The lowest BCUT2D eigenvalue weighted by Gasteiger charge is -2.23. The van der Waals surface area contributed by atoms with Gasteiger partial charge in [0.05, 0.1) is 4.95 Å². The van der Waals surface area contributed by atoms with Crippen LogP contribution in [0.2, 0.25) is 0 Å². The summed E-state index contributed by atoms with van der Waals surface area (Å²) in [7, 11) is 0. The molecule has 1 atom stereocenters. The molecule has 1 unspecified atom stereocenters. The highest BCUT2D eigenvalue weighted by Gasteiger charge is 2.08. The molecule has 0 aliphatic rings. The highest BCUT2D eigenvalue weighted by atomic mass is 79.9. The van der Waals surface area contributed by atoms with Crippen LogP contribution in [0.25, 0.3) is 0 Å². The molecule has 0 spiro atoms. The minimum atomic E-state index is 0.590. The van der Waals surface area contributed by atoms with Crippen LogP contribution in [0.5, 0.6) is 0 Å². The van der Waals surface area contributed by atoms with E-state index in [2.05, 4.69) is 41.6 Å². The summed E-state index contributed by atoms with van der Waals surface area (Å²) in [5, 5.41) is 0. The van der Waals surface area contributed by atoms with Gasteiger partial charge in [0.15, 0.2) is 0 Å². The fourth-order valence-electron chi connectivity index (χ4n) is 1.04. The normalized spacial score (nSPS) is 14.1. The van der Waals surface area contributed by atoms with Crippen LogP contribution in [0.15, 0.2) is 0 Å². The lowest BCUT2D eigenvalue weighted by molar-refractivity contribution is 0.278. The molecule has 0 saturated carbocycles. The SMILES string of the molecule is CCCC(Br)N(CC)CC. The summed E-state index contributed by atoms with van der Waals surface area (Å²) < 4.78 is 0. The van der Waals surface area contributed by atoms with E-state index in [0.717, 1.165) is 13.1 Å². The molecule has 0 heterocycles. The molecule has 0 aromatic heterocycles. The quantitative estimate of drug-likeness (QED) is 0.496. The predicted molar refractivity (Wildman–Crippen MR) is 50.5 cm³/mol. The molecule has 0 aliphatic carbocycles. The first-order valence-corrected chi connectivity index (χ1v) is 5.05. The zero-order valence-corrected chi connectivity index (χ0v) is 8.82. The summed E-state index contributed by atoms with van der Waals surface area (Å²) in [5.74, 6) is 0. The summed E-state index contributed by atoms with van der Waals surface area (Å²) in [4.78, 5) is 3.01. The van der Waals surface area contributed by atoms with Crippen molar-refractivity contribution >= 4 is 15.9 Å². The van der Waals surface area contributed by atoms with Crippen LogP contribution in [0.3, 0.4) is 0 Å². The maximum atomic E-state index is 3.65. The average Bonchev–Trinajstić information content (AvgIpc) is 1.91. The summed E-state index contributed by atoms with van der Waals surface area (Å²) in [6.07, 6.45) is 2.51. The van der Waals surface area contributed by atoms with Gasteiger partial charge in [-0.1, -0.05) is 43.1 Å². The summed E-state index contributed by atoms with van der Waals surface area (Å²) >= 11 is 3.65. The van der Waals surface area contributed by atoms with E-state index in [0.29, 0.717) is 4.95 Å². The number of nitrogens with zero attached hydrogens (tertiary/aromatic N) is 1. The number of hydrogen-bond donors (Lipinski definition) is 0. The molecule has 62 valence electrons. The van der Waals surface area contributed by atoms with Gasteiger partial charge in [0, 0.05) is 0 Å². The molecule has 0 N–H and O–H groups in total. The maximum Gasteiger partial charge on any atom is 0.0655 e. The second-order valence-electron chi connectivity index (χ2n) is 2.44. The van der Waals surface area contributed by atoms with E-state index in [1.165, 1.54) is 12.8 Å². The lowest BCUT2D eigenvalue weighted by Crippen LogP contribution is -2.30. The number of hydrogen-bond acceptors (Lipinski definition) is 1. The van der Waals surface area contributed by atoms with Gasteiger partial charge in [-0.15, -0.1) is 0 Å². The van der Waals surface area contributed by atoms with Crippen LogP contribution in [-0.4, -0.2) is 22.9 Å². The molecular formula is C8H18BrN. The van der Waals surface area contributed by atoms with Gasteiger partial charge >= 0.3 is 0 Å². The van der Waals surface area contributed by atoms with Crippen molar-refractivity contribution in [3.05, 3.63) is 0 Å². The summed E-state index contributed by atoms with van der Waals surface area (Å²) in [6, 6.07) is 0. The Morgan fingerprint density at radius 2 is 1.70 bits per heavy atom. The Morgan fingerprint density at radius 1 is 1.20 bits per heavy atom. The predicted octanol–water partition coefficient (Wildman–Crippen LogP) is 2.85. The third-order valence-corrected chi connectivity index (χ3v) is 2.77. The van der Waals surface area contributed by atoms with E-state index < -0.39 is 0 Å². The minimum absolute atomic E-state index is 0.590. The minimum Gasteiger partial charge on any atom is -0.292 e. The van der Waals surface area contributed by atoms with Gasteiger partial charge in [-0.05, 0) is 19.5 Å². The standard InChI is InChI=1S/C8H18BrN/c1-4-7-8(9)10(5-2)6-3/h8H,4-7H2,1-3H3. The Hall–Kier alpha value is 0.440. The van der Waals surface area contributed by atoms with Crippen LogP contribution in [0.4, 0.5) is 0 Å². The van der Waals surface area contributed by atoms with E-state index in [9.17, 15) is 0 Å². The van der Waals surface area contributed by atoms with Crippen molar-refractivity contribution in [1.82, 2.24) is 4.90 Å². The molecule has 1 nitrogen and oxygen atoms in total. The zero-order chi connectivity index (χ0) is 7.98. The fourth-order valence-corrected chi connectivity index (χ4v) is 2.08. The van der Waals surface area contributed by atoms with Gasteiger partial charge in [0.2, 0.25) is 0 Å². The fraction of sp³-hybridized carbons (Fsp3) is 1.00. The molecule has 0 aromatic carbocycles. The Bertz CT molecular complexity index is 71.7. The van der Waals surface area contributed by atoms with E-state index in [-0.39, 0.29) is 0 Å². The third kappa shape index (κ3) is 3.57. The topological polar surface area (TPSA) is 3.24 Å². The van der Waals surface area contributed by atoms with Crippen LogP contribution in [0.1, 0.15) is 33.6 Å². The Kier molecular flexibility index (Phi) is 6.44. The first-order chi connectivity index (χ1) is 4.76. The average molecular weight is 208 g/mol.